The van der Waals surface area contributed by atoms with Crippen LogP contribution in [0.5, 0.6) is 0 Å². The minimum absolute atomic E-state index is 0. The Kier molecular flexibility index (Phi) is 11.6. The maximum atomic E-state index is 6.21. The van der Waals surface area contributed by atoms with Crippen molar-refractivity contribution in [3.63, 3.8) is 0 Å². The minimum Gasteiger partial charge on any atom is -0.456 e. The van der Waals surface area contributed by atoms with Crippen LogP contribution in [-0.4, -0.2) is 15.0 Å². The number of aromatic nitrogens is 3. The Hall–Kier alpha value is -6.26. The van der Waals surface area contributed by atoms with Crippen molar-refractivity contribution in [2.45, 2.75) is 27.7 Å². The summed E-state index contributed by atoms with van der Waals surface area (Å²) in [7, 11) is 0. The van der Waals surface area contributed by atoms with Crippen LogP contribution < -0.4 is 0 Å². The Bertz CT molecular complexity index is 2740. The van der Waals surface area contributed by atoms with Crippen LogP contribution >= 0.6 is 0 Å². The Morgan fingerprint density at radius 3 is 2.11 bits per heavy atom. The monoisotopic (exact) mass is 902 g/mol. The van der Waals surface area contributed by atoms with Crippen molar-refractivity contribution in [3.05, 3.63) is 199 Å². The van der Waals surface area contributed by atoms with Gasteiger partial charge >= 0.3 is 0 Å². The predicted octanol–water partition coefficient (Wildman–Crippen LogP) is 13.1. The molecular formula is C51H39IrN3O-2. The second-order valence-electron chi connectivity index (χ2n) is 13.8. The number of rotatable bonds is 6. The molecule has 5 aromatic carbocycles. The van der Waals surface area contributed by atoms with E-state index in [1.165, 1.54) is 44.5 Å². The van der Waals surface area contributed by atoms with Crippen LogP contribution in [0.4, 0.5) is 0 Å². The van der Waals surface area contributed by atoms with Gasteiger partial charge in [-0.15, -0.1) is 53.6 Å². The number of fused-ring (bicyclic) bond motifs is 1. The molecule has 0 amide bonds. The normalized spacial score (nSPS) is 10.7. The number of hydrogen-bond donors (Lipinski definition) is 0. The van der Waals surface area contributed by atoms with Crippen molar-refractivity contribution in [3.8, 4) is 67.2 Å². The summed E-state index contributed by atoms with van der Waals surface area (Å²) < 4.78 is 6.21. The fraction of sp³-hybridized carbons (Fsp3) is 0.0784. The van der Waals surface area contributed by atoms with E-state index in [9.17, 15) is 0 Å². The van der Waals surface area contributed by atoms with Crippen LogP contribution in [0.3, 0.4) is 0 Å². The van der Waals surface area contributed by atoms with Gasteiger partial charge in [0.15, 0.2) is 0 Å². The van der Waals surface area contributed by atoms with Crippen molar-refractivity contribution in [2.75, 3.05) is 0 Å². The second kappa shape index (κ2) is 17.0. The molecule has 0 unspecified atom stereocenters. The first-order valence-electron chi connectivity index (χ1n) is 18.4. The number of nitrogens with zero attached hydrogens (tertiary/aromatic N) is 3. The zero-order chi connectivity index (χ0) is 37.7. The van der Waals surface area contributed by atoms with E-state index in [0.29, 0.717) is 0 Å². The molecule has 0 atom stereocenters. The van der Waals surface area contributed by atoms with Crippen LogP contribution in [0.15, 0.2) is 169 Å². The van der Waals surface area contributed by atoms with Crippen molar-refractivity contribution in [1.29, 1.82) is 0 Å². The fourth-order valence-electron chi connectivity index (χ4n) is 6.91. The molecule has 275 valence electrons. The molecule has 1 radical (unpaired) electrons. The van der Waals surface area contributed by atoms with Gasteiger partial charge in [-0.2, -0.15) is 0 Å². The molecule has 0 aliphatic carbocycles. The van der Waals surface area contributed by atoms with Gasteiger partial charge in [-0.25, -0.2) is 0 Å². The summed E-state index contributed by atoms with van der Waals surface area (Å²) in [5, 5.41) is 1.10. The smallest absolute Gasteiger partial charge is 0.136 e. The molecular weight excluding hydrogens is 863 g/mol. The third kappa shape index (κ3) is 8.21. The molecule has 9 aromatic rings. The Labute approximate surface area is 342 Å². The molecule has 0 bridgehead atoms. The summed E-state index contributed by atoms with van der Waals surface area (Å²) in [5.74, 6) is 0.823. The SMILES string of the molecule is Cc1ccc(-c2[c-]cccc2-c2ccccc2)nc1.Cc1cccc(-c2c[c-]c(-c3cc(C)ccn3)cc2-c2ccc3oc(-c4cccnc4)cc3c2C)c1.[Ir]. The standard InChI is InChI=1S/C33H25N2O.C18H14N.Ir/c1-21-6-4-7-24(16-21)28-10-9-25(31-17-22(2)13-15-35-31)18-30(28)27-11-12-32-29(23(27)3)19-33(36-32)26-8-5-14-34-20-26;1-14-11-12-18(19-13-14)17-10-6-5-9-16(17)15-7-3-2-4-8-15;/h4-8,10-20H,1-3H3;2-9,11-13H,1H3;/q2*-1;. The average molecular weight is 902 g/mol. The van der Waals surface area contributed by atoms with E-state index in [1.807, 2.05) is 68.0 Å². The maximum absolute atomic E-state index is 6.21. The molecule has 4 heterocycles. The maximum Gasteiger partial charge on any atom is 0.136 e. The largest absolute Gasteiger partial charge is 0.456 e. The van der Waals surface area contributed by atoms with Crippen molar-refractivity contribution < 1.29 is 24.5 Å². The summed E-state index contributed by atoms with van der Waals surface area (Å²) in [5.41, 5.74) is 17.5. The van der Waals surface area contributed by atoms with Crippen molar-refractivity contribution in [1.82, 2.24) is 15.0 Å². The first-order valence-corrected chi connectivity index (χ1v) is 18.4. The zero-order valence-corrected chi connectivity index (χ0v) is 34.1. The second-order valence-corrected chi connectivity index (χ2v) is 13.8. The molecule has 0 N–H and O–H groups in total. The van der Waals surface area contributed by atoms with Gasteiger partial charge in [0.2, 0.25) is 0 Å². The molecule has 0 saturated carbocycles. The van der Waals surface area contributed by atoms with Crippen molar-refractivity contribution >= 4 is 11.0 Å². The van der Waals surface area contributed by atoms with Crippen LogP contribution in [-0.2, 0) is 20.1 Å². The number of pyridine rings is 3. The molecule has 4 nitrogen and oxygen atoms in total. The van der Waals surface area contributed by atoms with Gasteiger partial charge in [-0.05, 0) is 86.1 Å². The molecule has 5 heteroatoms. The van der Waals surface area contributed by atoms with Crippen LogP contribution in [0.2, 0.25) is 0 Å². The number of aryl methyl sites for hydroxylation is 4. The molecule has 0 fully saturated rings. The molecule has 4 aromatic heterocycles. The Balaban J connectivity index is 0.000000203. The molecule has 0 aliphatic heterocycles. The summed E-state index contributed by atoms with van der Waals surface area (Å²) in [6.45, 7) is 8.43. The number of benzene rings is 5. The Morgan fingerprint density at radius 1 is 0.518 bits per heavy atom. The van der Waals surface area contributed by atoms with Crippen LogP contribution in [0, 0.1) is 39.8 Å². The van der Waals surface area contributed by atoms with E-state index in [1.54, 1.807) is 6.20 Å². The van der Waals surface area contributed by atoms with Crippen LogP contribution in [0.25, 0.3) is 78.2 Å². The van der Waals surface area contributed by atoms with E-state index in [2.05, 4.69) is 145 Å². The topological polar surface area (TPSA) is 51.8 Å². The predicted molar refractivity (Wildman–Crippen MR) is 225 cm³/mol. The number of hydrogen-bond acceptors (Lipinski definition) is 4. The van der Waals surface area contributed by atoms with Gasteiger partial charge in [0.05, 0.1) is 0 Å². The van der Waals surface area contributed by atoms with E-state index in [4.69, 9.17) is 4.42 Å². The van der Waals surface area contributed by atoms with E-state index < -0.39 is 0 Å². The number of furan rings is 1. The van der Waals surface area contributed by atoms with Gasteiger partial charge in [-0.3, -0.25) is 4.98 Å². The van der Waals surface area contributed by atoms with Gasteiger partial charge in [0.1, 0.15) is 11.3 Å². The first kappa shape index (κ1) is 38.0. The first-order chi connectivity index (χ1) is 26.9. The fourth-order valence-corrected chi connectivity index (χ4v) is 6.91. The zero-order valence-electron chi connectivity index (χ0n) is 31.7. The van der Waals surface area contributed by atoms with Gasteiger partial charge in [0, 0.05) is 55.8 Å². The third-order valence-corrected chi connectivity index (χ3v) is 9.79. The van der Waals surface area contributed by atoms with Crippen LogP contribution in [0.1, 0.15) is 22.3 Å². The molecule has 0 spiro atoms. The van der Waals surface area contributed by atoms with E-state index in [0.717, 1.165) is 55.9 Å². The van der Waals surface area contributed by atoms with E-state index in [-0.39, 0.29) is 20.1 Å². The summed E-state index contributed by atoms with van der Waals surface area (Å²) >= 11 is 0. The molecule has 56 heavy (non-hydrogen) atoms. The van der Waals surface area contributed by atoms with E-state index >= 15 is 0 Å². The molecule has 9 rings (SSSR count). The van der Waals surface area contributed by atoms with Crippen molar-refractivity contribution in [2.24, 2.45) is 0 Å². The average Bonchev–Trinajstić information content (AvgIpc) is 3.68. The Morgan fingerprint density at radius 2 is 1.34 bits per heavy atom. The van der Waals surface area contributed by atoms with Gasteiger partial charge < -0.3 is 14.4 Å². The minimum atomic E-state index is 0. The van der Waals surface area contributed by atoms with Gasteiger partial charge in [-0.1, -0.05) is 118 Å². The molecule has 0 aliphatic rings. The van der Waals surface area contributed by atoms with Gasteiger partial charge in [0.25, 0.3) is 0 Å². The summed E-state index contributed by atoms with van der Waals surface area (Å²) in [6.07, 6.45) is 7.35. The molecule has 0 saturated heterocycles. The summed E-state index contributed by atoms with van der Waals surface area (Å²) in [4.78, 5) is 13.4. The third-order valence-electron chi connectivity index (χ3n) is 9.79. The quantitative estimate of drug-likeness (QED) is 0.156. The summed E-state index contributed by atoms with van der Waals surface area (Å²) in [6, 6.07) is 54.7.